The average molecular weight is 319 g/mol. The van der Waals surface area contributed by atoms with Crippen molar-refractivity contribution in [2.45, 2.75) is 19.8 Å². The van der Waals surface area contributed by atoms with Crippen molar-refractivity contribution < 1.29 is 9.59 Å². The van der Waals surface area contributed by atoms with Gasteiger partial charge in [0.25, 0.3) is 5.91 Å². The number of H-pyrrole nitrogens is 1. The summed E-state index contributed by atoms with van der Waals surface area (Å²) in [5, 5.41) is 2.99. The molecule has 0 unspecified atom stereocenters. The molecule has 2 aromatic rings. The molecule has 6 nitrogen and oxygen atoms in total. The molecule has 1 aliphatic rings. The number of amides is 2. The highest BCUT2D eigenvalue weighted by Crippen LogP contribution is 2.27. The van der Waals surface area contributed by atoms with E-state index in [9.17, 15) is 9.59 Å². The molecule has 0 radical (unpaired) electrons. The van der Waals surface area contributed by atoms with Crippen LogP contribution in [0, 0.1) is 6.92 Å². The quantitative estimate of drug-likeness (QED) is 0.913. The first-order chi connectivity index (χ1) is 10.5. The number of aromatic amines is 1. The Morgan fingerprint density at radius 2 is 2.27 bits per heavy atom. The van der Waals surface area contributed by atoms with Crippen LogP contribution in [-0.4, -0.2) is 28.3 Å². The summed E-state index contributed by atoms with van der Waals surface area (Å²) < 4.78 is 0. The maximum Gasteiger partial charge on any atom is 0.259 e. The van der Waals surface area contributed by atoms with E-state index in [-0.39, 0.29) is 11.8 Å². The van der Waals surface area contributed by atoms with Crippen molar-refractivity contribution in [2.75, 3.05) is 16.8 Å². The van der Waals surface area contributed by atoms with E-state index >= 15 is 0 Å². The van der Waals surface area contributed by atoms with Crippen LogP contribution < -0.4 is 10.2 Å². The standard InChI is InChI=1S/C15H15ClN4O2/c1-9-8-17-15(18-9)19-14(22)11-7-10(4-5-12(11)16)20-6-2-3-13(20)21/h4-5,7-8H,2-3,6H2,1H3,(H2,17,18,19,22). The Bertz CT molecular complexity index is 741. The molecule has 114 valence electrons. The highest BCUT2D eigenvalue weighted by Gasteiger charge is 2.23. The van der Waals surface area contributed by atoms with Crippen LogP contribution in [-0.2, 0) is 4.79 Å². The minimum Gasteiger partial charge on any atom is -0.328 e. The summed E-state index contributed by atoms with van der Waals surface area (Å²) in [5.74, 6) is 0.0596. The van der Waals surface area contributed by atoms with Gasteiger partial charge in [0.15, 0.2) is 0 Å². The predicted molar refractivity (Wildman–Crippen MR) is 84.3 cm³/mol. The Kier molecular flexibility index (Phi) is 3.85. The average Bonchev–Trinajstić information content (AvgIpc) is 3.08. The molecule has 0 atom stereocenters. The fourth-order valence-electron chi connectivity index (χ4n) is 2.43. The first-order valence-corrected chi connectivity index (χ1v) is 7.35. The second-order valence-electron chi connectivity index (χ2n) is 5.18. The third-order valence-electron chi connectivity index (χ3n) is 3.51. The molecule has 1 aromatic carbocycles. The summed E-state index contributed by atoms with van der Waals surface area (Å²) in [6.07, 6.45) is 2.99. The number of benzene rings is 1. The maximum absolute atomic E-state index is 12.3. The van der Waals surface area contributed by atoms with Gasteiger partial charge in [0, 0.05) is 30.5 Å². The van der Waals surface area contributed by atoms with E-state index in [0.29, 0.717) is 35.2 Å². The van der Waals surface area contributed by atoms with Crippen LogP contribution in [0.15, 0.2) is 24.4 Å². The van der Waals surface area contributed by atoms with Gasteiger partial charge in [0.2, 0.25) is 11.9 Å². The van der Waals surface area contributed by atoms with Crippen molar-refractivity contribution in [2.24, 2.45) is 0 Å². The molecular weight excluding hydrogens is 304 g/mol. The second-order valence-corrected chi connectivity index (χ2v) is 5.59. The lowest BCUT2D eigenvalue weighted by molar-refractivity contribution is -0.117. The lowest BCUT2D eigenvalue weighted by atomic mass is 10.1. The van der Waals surface area contributed by atoms with Crippen LogP contribution >= 0.6 is 11.6 Å². The largest absolute Gasteiger partial charge is 0.328 e. The number of nitrogens with zero attached hydrogens (tertiary/aromatic N) is 2. The molecule has 1 aromatic heterocycles. The molecular formula is C15H15ClN4O2. The molecule has 22 heavy (non-hydrogen) atoms. The number of aromatic nitrogens is 2. The van der Waals surface area contributed by atoms with Crippen molar-refractivity contribution in [1.82, 2.24) is 9.97 Å². The van der Waals surface area contributed by atoms with Crippen molar-refractivity contribution in [3.8, 4) is 0 Å². The van der Waals surface area contributed by atoms with Crippen LogP contribution in [0.3, 0.4) is 0 Å². The minimum absolute atomic E-state index is 0.0651. The monoisotopic (exact) mass is 318 g/mol. The Morgan fingerprint density at radius 1 is 1.45 bits per heavy atom. The zero-order chi connectivity index (χ0) is 15.7. The number of aryl methyl sites for hydroxylation is 1. The van der Waals surface area contributed by atoms with Gasteiger partial charge in [-0.3, -0.25) is 14.9 Å². The van der Waals surface area contributed by atoms with Gasteiger partial charge in [-0.2, -0.15) is 0 Å². The van der Waals surface area contributed by atoms with E-state index in [4.69, 9.17) is 11.6 Å². The molecule has 0 bridgehead atoms. The Balaban J connectivity index is 1.86. The van der Waals surface area contributed by atoms with Gasteiger partial charge in [0.05, 0.1) is 10.6 Å². The topological polar surface area (TPSA) is 78.1 Å². The first-order valence-electron chi connectivity index (χ1n) is 6.97. The van der Waals surface area contributed by atoms with Crippen LogP contribution in [0.2, 0.25) is 5.02 Å². The lowest BCUT2D eigenvalue weighted by Gasteiger charge is -2.17. The summed E-state index contributed by atoms with van der Waals surface area (Å²) in [6, 6.07) is 5.01. The van der Waals surface area contributed by atoms with Gasteiger partial charge in [-0.1, -0.05) is 11.6 Å². The van der Waals surface area contributed by atoms with Crippen LogP contribution in [0.4, 0.5) is 11.6 Å². The third-order valence-corrected chi connectivity index (χ3v) is 3.84. The number of rotatable bonds is 3. The fraction of sp³-hybridized carbons (Fsp3) is 0.267. The van der Waals surface area contributed by atoms with E-state index in [1.54, 1.807) is 29.3 Å². The number of carbonyl (C=O) groups is 2. The molecule has 1 fully saturated rings. The molecule has 0 saturated carbocycles. The number of anilines is 2. The van der Waals surface area contributed by atoms with Gasteiger partial charge in [0.1, 0.15) is 0 Å². The molecule has 3 rings (SSSR count). The number of hydrogen-bond donors (Lipinski definition) is 2. The van der Waals surface area contributed by atoms with Gasteiger partial charge < -0.3 is 9.88 Å². The number of hydrogen-bond acceptors (Lipinski definition) is 3. The Morgan fingerprint density at radius 3 is 2.91 bits per heavy atom. The van der Waals surface area contributed by atoms with Crippen molar-refractivity contribution in [3.05, 3.63) is 40.7 Å². The summed E-state index contributed by atoms with van der Waals surface area (Å²) in [6.45, 7) is 2.51. The second kappa shape index (κ2) is 5.81. The SMILES string of the molecule is Cc1cnc(NC(=O)c2cc(N3CCCC3=O)ccc2Cl)[nH]1. The molecule has 2 heterocycles. The van der Waals surface area contributed by atoms with Crippen molar-refractivity contribution >= 4 is 35.1 Å². The highest BCUT2D eigenvalue weighted by molar-refractivity contribution is 6.34. The minimum atomic E-state index is -0.368. The summed E-state index contributed by atoms with van der Waals surface area (Å²) in [5.41, 5.74) is 1.85. The Hall–Kier alpha value is -2.34. The maximum atomic E-state index is 12.3. The molecule has 2 N–H and O–H groups in total. The third kappa shape index (κ3) is 2.82. The zero-order valence-corrected chi connectivity index (χ0v) is 12.8. The van der Waals surface area contributed by atoms with Crippen LogP contribution in [0.5, 0.6) is 0 Å². The summed E-state index contributed by atoms with van der Waals surface area (Å²) in [7, 11) is 0. The molecule has 0 aliphatic carbocycles. The Labute approximate surface area is 132 Å². The lowest BCUT2D eigenvalue weighted by Crippen LogP contribution is -2.24. The number of imidazole rings is 1. The molecule has 7 heteroatoms. The summed E-state index contributed by atoms with van der Waals surface area (Å²) in [4.78, 5) is 32.8. The van der Waals surface area contributed by atoms with E-state index < -0.39 is 0 Å². The normalized spacial score (nSPS) is 14.5. The van der Waals surface area contributed by atoms with Gasteiger partial charge >= 0.3 is 0 Å². The fourth-order valence-corrected chi connectivity index (χ4v) is 2.63. The van der Waals surface area contributed by atoms with Gasteiger partial charge in [-0.25, -0.2) is 4.98 Å². The zero-order valence-electron chi connectivity index (χ0n) is 12.0. The van der Waals surface area contributed by atoms with Crippen molar-refractivity contribution in [1.29, 1.82) is 0 Å². The van der Waals surface area contributed by atoms with E-state index in [1.165, 1.54) is 0 Å². The predicted octanol–water partition coefficient (Wildman–Crippen LogP) is 2.75. The highest BCUT2D eigenvalue weighted by atomic mass is 35.5. The van der Waals surface area contributed by atoms with Gasteiger partial charge in [-0.05, 0) is 31.5 Å². The molecule has 2 amide bonds. The van der Waals surface area contributed by atoms with Gasteiger partial charge in [-0.15, -0.1) is 0 Å². The van der Waals surface area contributed by atoms with E-state index in [1.807, 2.05) is 6.92 Å². The summed E-state index contributed by atoms with van der Waals surface area (Å²) >= 11 is 6.11. The number of carbonyl (C=O) groups excluding carboxylic acids is 2. The number of halogens is 1. The van der Waals surface area contributed by atoms with Crippen molar-refractivity contribution in [3.63, 3.8) is 0 Å². The first kappa shape index (κ1) is 14.6. The van der Waals surface area contributed by atoms with Crippen LogP contribution in [0.1, 0.15) is 28.9 Å². The molecule has 1 aliphatic heterocycles. The number of nitrogens with one attached hydrogen (secondary N) is 2. The molecule has 0 spiro atoms. The van der Waals surface area contributed by atoms with E-state index in [0.717, 1.165) is 12.1 Å². The van der Waals surface area contributed by atoms with Crippen LogP contribution in [0.25, 0.3) is 0 Å². The van der Waals surface area contributed by atoms with E-state index in [2.05, 4.69) is 15.3 Å². The molecule has 1 saturated heterocycles. The smallest absolute Gasteiger partial charge is 0.259 e.